The number of carbonyl (C=O) groups excluding carboxylic acids is 3. The van der Waals surface area contributed by atoms with Gasteiger partial charge < -0.3 is 24.0 Å². The summed E-state index contributed by atoms with van der Waals surface area (Å²) in [5, 5.41) is 0. The number of hydrogen-bond acceptors (Lipinski definition) is 7. The second kappa shape index (κ2) is 14.1. The Morgan fingerprint density at radius 3 is 2.14 bits per heavy atom. The summed E-state index contributed by atoms with van der Waals surface area (Å²) in [5.41, 5.74) is 1.60. The maximum Gasteiger partial charge on any atom is 0.306 e. The Balaban J connectivity index is 1.33. The standard InChI is InChI=1S/C28H36N2O6/c1-3-4-5-20-35-25-10-6-22(7-11-25)26(31)14-15-28(33)36-21-27(32)30-18-16-29(17-19-30)23-8-12-24(34-2)13-9-23/h6-13H,3-5,14-21H2,1-2H3. The van der Waals surface area contributed by atoms with E-state index in [1.807, 2.05) is 24.3 Å². The first-order valence-corrected chi connectivity index (χ1v) is 12.6. The molecule has 0 radical (unpaired) electrons. The number of benzene rings is 2. The number of unbranched alkanes of at least 4 members (excludes halogenated alkanes) is 2. The molecule has 0 N–H and O–H groups in total. The number of carbonyl (C=O) groups is 3. The zero-order valence-corrected chi connectivity index (χ0v) is 21.2. The Morgan fingerprint density at radius 2 is 1.50 bits per heavy atom. The fourth-order valence-electron chi connectivity index (χ4n) is 3.95. The summed E-state index contributed by atoms with van der Waals surface area (Å²) in [7, 11) is 1.63. The molecule has 0 bridgehead atoms. The van der Waals surface area contributed by atoms with Gasteiger partial charge in [-0.05, 0) is 55.0 Å². The predicted molar refractivity (Wildman–Crippen MR) is 138 cm³/mol. The fourth-order valence-corrected chi connectivity index (χ4v) is 3.95. The molecular weight excluding hydrogens is 460 g/mol. The van der Waals surface area contributed by atoms with Crippen LogP contribution in [0.4, 0.5) is 5.69 Å². The van der Waals surface area contributed by atoms with Gasteiger partial charge >= 0.3 is 5.97 Å². The molecule has 0 spiro atoms. The Kier molecular flexibility index (Phi) is 10.6. The highest BCUT2D eigenvalue weighted by Gasteiger charge is 2.22. The van der Waals surface area contributed by atoms with E-state index in [9.17, 15) is 14.4 Å². The van der Waals surface area contributed by atoms with Crippen LogP contribution in [0.15, 0.2) is 48.5 Å². The normalized spacial score (nSPS) is 13.3. The van der Waals surface area contributed by atoms with Gasteiger partial charge in [0.15, 0.2) is 12.4 Å². The molecule has 2 aromatic rings. The van der Waals surface area contributed by atoms with Crippen LogP contribution in [0.1, 0.15) is 49.4 Å². The van der Waals surface area contributed by atoms with E-state index in [4.69, 9.17) is 14.2 Å². The maximum atomic E-state index is 12.5. The van der Waals surface area contributed by atoms with E-state index < -0.39 is 5.97 Å². The summed E-state index contributed by atoms with van der Waals surface area (Å²) in [6.45, 7) is 4.99. The van der Waals surface area contributed by atoms with Gasteiger partial charge in [-0.25, -0.2) is 0 Å². The van der Waals surface area contributed by atoms with Crippen molar-refractivity contribution in [3.05, 3.63) is 54.1 Å². The van der Waals surface area contributed by atoms with Crippen LogP contribution in [0.25, 0.3) is 0 Å². The average molecular weight is 497 g/mol. The van der Waals surface area contributed by atoms with Gasteiger partial charge in [-0.1, -0.05) is 19.8 Å². The highest BCUT2D eigenvalue weighted by molar-refractivity contribution is 5.97. The van der Waals surface area contributed by atoms with Gasteiger partial charge in [-0.3, -0.25) is 14.4 Å². The van der Waals surface area contributed by atoms with E-state index in [1.165, 1.54) is 0 Å². The highest BCUT2D eigenvalue weighted by Crippen LogP contribution is 2.20. The van der Waals surface area contributed by atoms with Gasteiger partial charge in [0.05, 0.1) is 20.1 Å². The fraction of sp³-hybridized carbons (Fsp3) is 0.464. The van der Waals surface area contributed by atoms with Crippen LogP contribution in [0.5, 0.6) is 11.5 Å². The van der Waals surface area contributed by atoms with Gasteiger partial charge in [-0.2, -0.15) is 0 Å². The van der Waals surface area contributed by atoms with Crippen LogP contribution in [-0.2, 0) is 14.3 Å². The minimum Gasteiger partial charge on any atom is -0.497 e. The molecule has 1 amide bonds. The first-order chi connectivity index (χ1) is 17.5. The van der Waals surface area contributed by atoms with Crippen molar-refractivity contribution in [1.29, 1.82) is 0 Å². The minimum absolute atomic E-state index is 0.0320. The molecule has 8 nitrogen and oxygen atoms in total. The largest absolute Gasteiger partial charge is 0.497 e. The molecular formula is C28H36N2O6. The number of piperazine rings is 1. The van der Waals surface area contributed by atoms with Crippen molar-refractivity contribution in [3.8, 4) is 11.5 Å². The first kappa shape index (κ1) is 27.0. The van der Waals surface area contributed by atoms with Gasteiger partial charge in [0.2, 0.25) is 0 Å². The van der Waals surface area contributed by atoms with Crippen molar-refractivity contribution >= 4 is 23.3 Å². The van der Waals surface area contributed by atoms with E-state index >= 15 is 0 Å². The third-order valence-electron chi connectivity index (χ3n) is 6.18. The number of nitrogens with zero attached hydrogens (tertiary/aromatic N) is 2. The number of anilines is 1. The molecule has 8 heteroatoms. The molecule has 1 aliphatic rings. The smallest absolute Gasteiger partial charge is 0.306 e. The lowest BCUT2D eigenvalue weighted by Gasteiger charge is -2.36. The summed E-state index contributed by atoms with van der Waals surface area (Å²) >= 11 is 0. The molecule has 0 unspecified atom stereocenters. The van der Waals surface area contributed by atoms with Crippen LogP contribution in [0, 0.1) is 0 Å². The lowest BCUT2D eigenvalue weighted by atomic mass is 10.1. The molecule has 1 fully saturated rings. The minimum atomic E-state index is -0.551. The van der Waals surface area contributed by atoms with Crippen molar-refractivity contribution in [2.75, 3.05) is 51.4 Å². The third kappa shape index (κ3) is 8.29. The molecule has 0 aromatic heterocycles. The summed E-state index contributed by atoms with van der Waals surface area (Å²) in [4.78, 5) is 40.9. The van der Waals surface area contributed by atoms with Crippen molar-refractivity contribution in [1.82, 2.24) is 4.90 Å². The lowest BCUT2D eigenvalue weighted by Crippen LogP contribution is -2.49. The Bertz CT molecular complexity index is 982. The SMILES string of the molecule is CCCCCOc1ccc(C(=O)CCC(=O)OCC(=O)N2CCN(c3ccc(OC)cc3)CC2)cc1. The Morgan fingerprint density at radius 1 is 0.833 bits per heavy atom. The second-order valence-electron chi connectivity index (χ2n) is 8.73. The van der Waals surface area contributed by atoms with Crippen molar-refractivity contribution in [2.24, 2.45) is 0 Å². The number of hydrogen-bond donors (Lipinski definition) is 0. The molecule has 0 atom stereocenters. The molecule has 1 saturated heterocycles. The van der Waals surface area contributed by atoms with Gasteiger partial charge in [-0.15, -0.1) is 0 Å². The zero-order chi connectivity index (χ0) is 25.8. The topological polar surface area (TPSA) is 85.4 Å². The van der Waals surface area contributed by atoms with Gasteiger partial charge in [0.25, 0.3) is 5.91 Å². The van der Waals surface area contributed by atoms with Crippen molar-refractivity contribution < 1.29 is 28.6 Å². The maximum absolute atomic E-state index is 12.5. The molecule has 3 rings (SSSR count). The molecule has 1 heterocycles. The number of amides is 1. The van der Waals surface area contributed by atoms with E-state index in [2.05, 4.69) is 11.8 Å². The number of rotatable bonds is 13. The van der Waals surface area contributed by atoms with E-state index in [0.717, 1.165) is 36.4 Å². The quantitative estimate of drug-likeness (QED) is 0.234. The van der Waals surface area contributed by atoms with E-state index in [0.29, 0.717) is 38.3 Å². The summed E-state index contributed by atoms with van der Waals surface area (Å²) in [5.74, 6) is 0.607. The molecule has 1 aliphatic heterocycles. The summed E-state index contributed by atoms with van der Waals surface area (Å²) in [6, 6.07) is 14.8. The van der Waals surface area contributed by atoms with Crippen LogP contribution in [-0.4, -0.2) is 69.1 Å². The number of Topliss-reactive ketones (excluding diaryl/α,β-unsaturated/α-hetero) is 1. The van der Waals surface area contributed by atoms with E-state index in [-0.39, 0.29) is 31.1 Å². The van der Waals surface area contributed by atoms with Crippen LogP contribution < -0.4 is 14.4 Å². The van der Waals surface area contributed by atoms with Crippen molar-refractivity contribution in [2.45, 2.75) is 39.0 Å². The molecule has 0 aliphatic carbocycles. The average Bonchev–Trinajstić information content (AvgIpc) is 2.93. The summed E-state index contributed by atoms with van der Waals surface area (Å²) < 4.78 is 16.0. The monoisotopic (exact) mass is 496 g/mol. The summed E-state index contributed by atoms with van der Waals surface area (Å²) in [6.07, 6.45) is 3.23. The van der Waals surface area contributed by atoms with Crippen LogP contribution >= 0.6 is 0 Å². The van der Waals surface area contributed by atoms with Crippen molar-refractivity contribution in [3.63, 3.8) is 0 Å². The second-order valence-corrected chi connectivity index (χ2v) is 8.73. The third-order valence-corrected chi connectivity index (χ3v) is 6.18. The Hall–Kier alpha value is -3.55. The number of esters is 1. The number of ketones is 1. The molecule has 2 aromatic carbocycles. The zero-order valence-electron chi connectivity index (χ0n) is 21.2. The first-order valence-electron chi connectivity index (χ1n) is 12.6. The van der Waals surface area contributed by atoms with Gasteiger partial charge in [0.1, 0.15) is 11.5 Å². The number of methoxy groups -OCH3 is 1. The highest BCUT2D eigenvalue weighted by atomic mass is 16.5. The predicted octanol–water partition coefficient (Wildman–Crippen LogP) is 4.12. The lowest BCUT2D eigenvalue weighted by molar-refractivity contribution is -0.152. The van der Waals surface area contributed by atoms with E-state index in [1.54, 1.807) is 36.3 Å². The molecule has 0 saturated carbocycles. The van der Waals surface area contributed by atoms with Crippen LogP contribution in [0.3, 0.4) is 0 Å². The van der Waals surface area contributed by atoms with Crippen LogP contribution in [0.2, 0.25) is 0 Å². The van der Waals surface area contributed by atoms with Gasteiger partial charge in [0, 0.05) is 43.9 Å². The Labute approximate surface area is 213 Å². The molecule has 194 valence electrons. The molecule has 36 heavy (non-hydrogen) atoms. The number of ether oxygens (including phenoxy) is 3.